The molecule has 1 amide bonds. The van der Waals surface area contributed by atoms with Crippen molar-refractivity contribution < 1.29 is 4.79 Å². The van der Waals surface area contributed by atoms with Crippen molar-refractivity contribution in [1.82, 2.24) is 20.0 Å². The summed E-state index contributed by atoms with van der Waals surface area (Å²) in [5.74, 6) is 0.221. The van der Waals surface area contributed by atoms with Gasteiger partial charge in [0.05, 0.1) is 24.0 Å². The van der Waals surface area contributed by atoms with E-state index in [0.717, 1.165) is 44.6 Å². The number of rotatable bonds is 4. The minimum Gasteiger partial charge on any atom is -0.352 e. The average Bonchev–Trinajstić information content (AvgIpc) is 2.88. The lowest BCUT2D eigenvalue weighted by molar-refractivity contribution is -0.128. The number of aromatic nitrogens is 2. The zero-order valence-electron chi connectivity index (χ0n) is 13.8. The second-order valence-electron chi connectivity index (χ2n) is 6.74. The highest BCUT2D eigenvalue weighted by atomic mass is 16.2. The van der Waals surface area contributed by atoms with Gasteiger partial charge in [0.25, 0.3) is 0 Å². The second kappa shape index (κ2) is 6.82. The number of carbonyl (C=O) groups is 1. The normalized spacial score (nSPS) is 21.4. The van der Waals surface area contributed by atoms with E-state index < -0.39 is 0 Å². The molecule has 3 rings (SSSR count). The predicted octanol–water partition coefficient (Wildman–Crippen LogP) is 2.23. The SMILES string of the molecule is CC[C@@H](C(=O)NC1CCCCC1)N1CCn2nc(C)cc2C1. The number of hydrogen-bond donors (Lipinski definition) is 1. The molecule has 2 heterocycles. The molecular weight excluding hydrogens is 276 g/mol. The van der Waals surface area contributed by atoms with Crippen LogP contribution >= 0.6 is 0 Å². The van der Waals surface area contributed by atoms with E-state index in [4.69, 9.17) is 0 Å². The Hall–Kier alpha value is -1.36. The van der Waals surface area contributed by atoms with Gasteiger partial charge in [-0.25, -0.2) is 0 Å². The summed E-state index contributed by atoms with van der Waals surface area (Å²) in [5, 5.41) is 7.79. The van der Waals surface area contributed by atoms with Crippen LogP contribution < -0.4 is 5.32 Å². The van der Waals surface area contributed by atoms with Crippen LogP contribution in [0.5, 0.6) is 0 Å². The van der Waals surface area contributed by atoms with Crippen molar-refractivity contribution in [3.63, 3.8) is 0 Å². The van der Waals surface area contributed by atoms with Gasteiger partial charge >= 0.3 is 0 Å². The molecule has 0 bridgehead atoms. The number of nitrogens with one attached hydrogen (secondary N) is 1. The number of hydrogen-bond acceptors (Lipinski definition) is 3. The largest absolute Gasteiger partial charge is 0.352 e. The van der Waals surface area contributed by atoms with Crippen molar-refractivity contribution in [1.29, 1.82) is 0 Å². The Morgan fingerprint density at radius 1 is 1.36 bits per heavy atom. The minimum atomic E-state index is -0.00844. The summed E-state index contributed by atoms with van der Waals surface area (Å²) in [7, 11) is 0. The van der Waals surface area contributed by atoms with Crippen LogP contribution in [-0.2, 0) is 17.9 Å². The molecule has 1 fully saturated rings. The maximum atomic E-state index is 12.7. The van der Waals surface area contributed by atoms with E-state index in [1.54, 1.807) is 0 Å². The molecule has 0 spiro atoms. The third-order valence-corrected chi connectivity index (χ3v) is 5.03. The summed E-state index contributed by atoms with van der Waals surface area (Å²) in [6, 6.07) is 2.52. The van der Waals surface area contributed by atoms with E-state index in [2.05, 4.69) is 33.0 Å². The highest BCUT2D eigenvalue weighted by Gasteiger charge is 2.29. The van der Waals surface area contributed by atoms with Crippen molar-refractivity contribution in [3.8, 4) is 0 Å². The van der Waals surface area contributed by atoms with Crippen LogP contribution in [0, 0.1) is 6.92 Å². The zero-order chi connectivity index (χ0) is 15.5. The van der Waals surface area contributed by atoms with Crippen molar-refractivity contribution in [2.24, 2.45) is 0 Å². The Kier molecular flexibility index (Phi) is 4.81. The smallest absolute Gasteiger partial charge is 0.237 e. The molecule has 5 heteroatoms. The Bertz CT molecular complexity index is 519. The molecule has 0 unspecified atom stereocenters. The molecule has 1 aliphatic carbocycles. The van der Waals surface area contributed by atoms with Crippen LogP contribution in [0.25, 0.3) is 0 Å². The van der Waals surface area contributed by atoms with Gasteiger partial charge in [-0.3, -0.25) is 14.4 Å². The lowest BCUT2D eigenvalue weighted by Crippen LogP contribution is -2.51. The lowest BCUT2D eigenvalue weighted by Gasteiger charge is -2.34. The Balaban J connectivity index is 1.62. The fourth-order valence-corrected chi connectivity index (χ4v) is 3.85. The molecular formula is C17H28N4O. The molecule has 1 N–H and O–H groups in total. The number of amides is 1. The van der Waals surface area contributed by atoms with Crippen molar-refractivity contribution in [3.05, 3.63) is 17.5 Å². The molecule has 122 valence electrons. The fourth-order valence-electron chi connectivity index (χ4n) is 3.85. The summed E-state index contributed by atoms with van der Waals surface area (Å²) >= 11 is 0. The first-order valence-electron chi connectivity index (χ1n) is 8.75. The predicted molar refractivity (Wildman–Crippen MR) is 86.5 cm³/mol. The van der Waals surface area contributed by atoms with Crippen LogP contribution in [0.1, 0.15) is 56.8 Å². The highest BCUT2D eigenvalue weighted by Crippen LogP contribution is 2.20. The summed E-state index contributed by atoms with van der Waals surface area (Å²) in [5.41, 5.74) is 2.30. The maximum Gasteiger partial charge on any atom is 0.237 e. The molecule has 0 aromatic carbocycles. The zero-order valence-corrected chi connectivity index (χ0v) is 13.8. The lowest BCUT2D eigenvalue weighted by atomic mass is 9.95. The van der Waals surface area contributed by atoms with Gasteiger partial charge in [-0.15, -0.1) is 0 Å². The number of aryl methyl sites for hydroxylation is 1. The third-order valence-electron chi connectivity index (χ3n) is 5.03. The third kappa shape index (κ3) is 3.35. The molecule has 1 aromatic heterocycles. The summed E-state index contributed by atoms with van der Waals surface area (Å²) in [6.07, 6.45) is 6.99. The van der Waals surface area contributed by atoms with E-state index in [1.807, 2.05) is 6.92 Å². The Morgan fingerprint density at radius 2 is 2.14 bits per heavy atom. The standard InChI is InChI=1S/C17H28N4O/c1-3-16(17(22)18-14-7-5-4-6-8-14)20-9-10-21-15(12-20)11-13(2)19-21/h11,14,16H,3-10,12H2,1-2H3,(H,18,22)/t16-/m0/s1. The number of fused-ring (bicyclic) bond motifs is 1. The highest BCUT2D eigenvalue weighted by molar-refractivity contribution is 5.82. The first kappa shape index (κ1) is 15.5. The van der Waals surface area contributed by atoms with Gasteiger partial charge in [0.2, 0.25) is 5.91 Å². The summed E-state index contributed by atoms with van der Waals surface area (Å²) in [4.78, 5) is 15.0. The van der Waals surface area contributed by atoms with Crippen molar-refractivity contribution >= 4 is 5.91 Å². The minimum absolute atomic E-state index is 0.00844. The Labute approximate surface area is 133 Å². The van der Waals surface area contributed by atoms with E-state index in [9.17, 15) is 4.79 Å². The maximum absolute atomic E-state index is 12.7. The monoisotopic (exact) mass is 304 g/mol. The molecule has 1 aliphatic heterocycles. The van der Waals surface area contributed by atoms with Gasteiger partial charge in [0, 0.05) is 19.1 Å². The second-order valence-corrected chi connectivity index (χ2v) is 6.74. The van der Waals surface area contributed by atoms with Gasteiger partial charge in [-0.05, 0) is 32.3 Å². The molecule has 0 radical (unpaired) electrons. The first-order valence-corrected chi connectivity index (χ1v) is 8.75. The van der Waals surface area contributed by atoms with Crippen LogP contribution in [0.2, 0.25) is 0 Å². The van der Waals surface area contributed by atoms with Gasteiger partial charge in [-0.1, -0.05) is 26.2 Å². The number of nitrogens with zero attached hydrogens (tertiary/aromatic N) is 3. The van der Waals surface area contributed by atoms with Crippen LogP contribution in [0.4, 0.5) is 0 Å². The van der Waals surface area contributed by atoms with Gasteiger partial charge < -0.3 is 5.32 Å². The van der Waals surface area contributed by atoms with E-state index in [1.165, 1.54) is 25.0 Å². The number of carbonyl (C=O) groups excluding carboxylic acids is 1. The van der Waals surface area contributed by atoms with E-state index in [-0.39, 0.29) is 11.9 Å². The van der Waals surface area contributed by atoms with Gasteiger partial charge in [-0.2, -0.15) is 5.10 Å². The molecule has 1 aromatic rings. The van der Waals surface area contributed by atoms with Gasteiger partial charge in [0.15, 0.2) is 0 Å². The topological polar surface area (TPSA) is 50.2 Å². The molecule has 1 atom stereocenters. The Morgan fingerprint density at radius 3 is 2.86 bits per heavy atom. The van der Waals surface area contributed by atoms with Crippen molar-refractivity contribution in [2.75, 3.05) is 6.54 Å². The molecule has 2 aliphatic rings. The van der Waals surface area contributed by atoms with Crippen LogP contribution in [-0.4, -0.2) is 39.2 Å². The molecule has 22 heavy (non-hydrogen) atoms. The van der Waals surface area contributed by atoms with Crippen LogP contribution in [0.3, 0.4) is 0 Å². The summed E-state index contributed by atoms with van der Waals surface area (Å²) in [6.45, 7) is 6.77. The van der Waals surface area contributed by atoms with Crippen molar-refractivity contribution in [2.45, 2.75) is 77.5 Å². The molecule has 0 saturated heterocycles. The first-order chi connectivity index (χ1) is 10.7. The van der Waals surface area contributed by atoms with Crippen LogP contribution in [0.15, 0.2) is 6.07 Å². The van der Waals surface area contributed by atoms with Gasteiger partial charge in [0.1, 0.15) is 0 Å². The summed E-state index contributed by atoms with van der Waals surface area (Å²) < 4.78 is 2.08. The quantitative estimate of drug-likeness (QED) is 0.928. The van der Waals surface area contributed by atoms with E-state index >= 15 is 0 Å². The van der Waals surface area contributed by atoms with E-state index in [0.29, 0.717) is 6.04 Å². The average molecular weight is 304 g/mol. The molecule has 1 saturated carbocycles. The fraction of sp³-hybridized carbons (Fsp3) is 0.765. The molecule has 5 nitrogen and oxygen atoms in total.